The number of hydrogen-bond donors (Lipinski definition) is 1. The van der Waals surface area contributed by atoms with E-state index in [4.69, 9.17) is 0 Å². The summed E-state index contributed by atoms with van der Waals surface area (Å²) in [5.74, 6) is 0.622. The number of carbonyl (C=O) groups is 1. The molecule has 6 heteroatoms. The van der Waals surface area contributed by atoms with Crippen molar-refractivity contribution >= 4 is 11.8 Å². The first kappa shape index (κ1) is 17.5. The number of amides is 2. The van der Waals surface area contributed by atoms with Crippen LogP contribution >= 0.6 is 0 Å². The Morgan fingerprint density at radius 3 is 2.76 bits per heavy atom. The number of carbonyl (C=O) groups excluding carboxylic acids is 1. The van der Waals surface area contributed by atoms with Crippen molar-refractivity contribution in [2.75, 3.05) is 18.4 Å². The lowest BCUT2D eigenvalue weighted by atomic mass is 9.98. The monoisotopic (exact) mass is 344 g/mol. The van der Waals surface area contributed by atoms with Crippen LogP contribution in [0.1, 0.15) is 43.0 Å². The topological polar surface area (TPSA) is 50.2 Å². The number of likely N-dealkylation sites (tertiary alicyclic amines) is 1. The van der Waals surface area contributed by atoms with Crippen LogP contribution in [0.5, 0.6) is 0 Å². The summed E-state index contributed by atoms with van der Waals surface area (Å²) in [6.07, 6.45) is 2.44. The Bertz CT molecular complexity index is 771. The van der Waals surface area contributed by atoms with E-state index in [1.807, 2.05) is 19.2 Å². The maximum Gasteiger partial charge on any atom is 0.323 e. The number of benzene rings is 1. The zero-order chi connectivity index (χ0) is 18.0. The predicted octanol–water partition coefficient (Wildman–Crippen LogP) is 3.71. The second kappa shape index (κ2) is 7.25. The summed E-state index contributed by atoms with van der Waals surface area (Å²) in [5.41, 5.74) is 2.80. The summed E-state index contributed by atoms with van der Waals surface area (Å²) in [6.45, 7) is 5.29. The van der Waals surface area contributed by atoms with Crippen molar-refractivity contribution in [3.8, 4) is 0 Å². The van der Waals surface area contributed by atoms with Gasteiger partial charge in [-0.15, -0.1) is 0 Å². The molecular weight excluding hydrogens is 319 g/mol. The summed E-state index contributed by atoms with van der Waals surface area (Å²) >= 11 is 0. The Kier molecular flexibility index (Phi) is 5.06. The molecule has 1 saturated heterocycles. The molecule has 0 saturated carbocycles. The van der Waals surface area contributed by atoms with E-state index in [0.29, 0.717) is 18.7 Å². The van der Waals surface area contributed by atoms with Gasteiger partial charge in [-0.1, -0.05) is 32.0 Å². The zero-order valence-electron chi connectivity index (χ0n) is 15.1. The SMILES string of the molecule is CCc1nn(C)c(NC(=O)N2CCC(c3ccccc3F)C2)c1CC. The number of urea groups is 1. The van der Waals surface area contributed by atoms with E-state index in [-0.39, 0.29) is 17.8 Å². The highest BCUT2D eigenvalue weighted by Gasteiger charge is 2.29. The van der Waals surface area contributed by atoms with Crippen molar-refractivity contribution in [2.24, 2.45) is 7.05 Å². The van der Waals surface area contributed by atoms with E-state index < -0.39 is 0 Å². The van der Waals surface area contributed by atoms with Crippen LogP contribution in [0.3, 0.4) is 0 Å². The van der Waals surface area contributed by atoms with Gasteiger partial charge in [0.05, 0.1) is 5.69 Å². The Labute approximate surface area is 147 Å². The second-order valence-electron chi connectivity index (χ2n) is 6.49. The summed E-state index contributed by atoms with van der Waals surface area (Å²) in [4.78, 5) is 14.4. The van der Waals surface area contributed by atoms with Crippen molar-refractivity contribution < 1.29 is 9.18 Å². The average molecular weight is 344 g/mol. The summed E-state index contributed by atoms with van der Waals surface area (Å²) < 4.78 is 15.7. The molecule has 1 aromatic carbocycles. The molecule has 1 unspecified atom stereocenters. The lowest BCUT2D eigenvalue weighted by Gasteiger charge is -2.18. The second-order valence-corrected chi connectivity index (χ2v) is 6.49. The third kappa shape index (κ3) is 3.38. The molecule has 2 heterocycles. The quantitative estimate of drug-likeness (QED) is 0.919. The minimum absolute atomic E-state index is 0.0512. The molecule has 0 bridgehead atoms. The van der Waals surface area contributed by atoms with Gasteiger partial charge < -0.3 is 4.90 Å². The molecule has 2 aromatic rings. The van der Waals surface area contributed by atoms with Gasteiger partial charge in [0.2, 0.25) is 0 Å². The average Bonchev–Trinajstić information content (AvgIpc) is 3.20. The van der Waals surface area contributed by atoms with E-state index >= 15 is 0 Å². The summed E-state index contributed by atoms with van der Waals surface area (Å²) in [6, 6.07) is 6.69. The standard InChI is InChI=1S/C19H25FN4O/c1-4-14-17(5-2)22-23(3)18(14)21-19(25)24-11-10-13(12-24)15-8-6-7-9-16(15)20/h6-9,13H,4-5,10-12H2,1-3H3,(H,21,25). The Balaban J connectivity index is 1.71. The highest BCUT2D eigenvalue weighted by molar-refractivity contribution is 5.89. The smallest absolute Gasteiger partial charge is 0.323 e. The zero-order valence-corrected chi connectivity index (χ0v) is 15.1. The fraction of sp³-hybridized carbons (Fsp3) is 0.474. The summed E-state index contributed by atoms with van der Waals surface area (Å²) in [7, 11) is 1.85. The van der Waals surface area contributed by atoms with Crippen LogP contribution in [0.15, 0.2) is 24.3 Å². The van der Waals surface area contributed by atoms with Gasteiger partial charge >= 0.3 is 6.03 Å². The molecular formula is C19H25FN4O. The molecule has 5 nitrogen and oxygen atoms in total. The van der Waals surface area contributed by atoms with Gasteiger partial charge in [0.15, 0.2) is 0 Å². The minimum Gasteiger partial charge on any atom is -0.324 e. The van der Waals surface area contributed by atoms with E-state index in [1.165, 1.54) is 6.07 Å². The molecule has 1 atom stereocenters. The van der Waals surface area contributed by atoms with Crippen LogP contribution in [0.4, 0.5) is 15.0 Å². The van der Waals surface area contributed by atoms with Crippen LogP contribution in [0.25, 0.3) is 0 Å². The van der Waals surface area contributed by atoms with Crippen LogP contribution in [-0.4, -0.2) is 33.8 Å². The molecule has 0 radical (unpaired) electrons. The number of hydrogen-bond acceptors (Lipinski definition) is 2. The van der Waals surface area contributed by atoms with Gasteiger partial charge in [-0.25, -0.2) is 9.18 Å². The number of nitrogens with zero attached hydrogens (tertiary/aromatic N) is 3. The molecule has 1 aliphatic heterocycles. The van der Waals surface area contributed by atoms with Gasteiger partial charge in [0, 0.05) is 31.6 Å². The highest BCUT2D eigenvalue weighted by Crippen LogP contribution is 2.29. The van der Waals surface area contributed by atoms with Crippen molar-refractivity contribution in [2.45, 2.75) is 39.0 Å². The third-order valence-corrected chi connectivity index (χ3v) is 4.96. The lowest BCUT2D eigenvalue weighted by molar-refractivity contribution is 0.221. The number of halogens is 1. The van der Waals surface area contributed by atoms with Crippen molar-refractivity contribution in [1.82, 2.24) is 14.7 Å². The number of aryl methyl sites for hydroxylation is 2. The van der Waals surface area contributed by atoms with Crippen molar-refractivity contribution in [1.29, 1.82) is 0 Å². The van der Waals surface area contributed by atoms with Gasteiger partial charge in [0.1, 0.15) is 11.6 Å². The molecule has 134 valence electrons. The molecule has 25 heavy (non-hydrogen) atoms. The van der Waals surface area contributed by atoms with Crippen molar-refractivity contribution in [3.05, 3.63) is 46.9 Å². The normalized spacial score (nSPS) is 17.1. The predicted molar refractivity (Wildman–Crippen MR) is 96.3 cm³/mol. The van der Waals surface area contributed by atoms with Gasteiger partial charge in [0.25, 0.3) is 0 Å². The summed E-state index contributed by atoms with van der Waals surface area (Å²) in [5, 5.41) is 7.49. The van der Waals surface area contributed by atoms with Gasteiger partial charge in [-0.2, -0.15) is 5.10 Å². The first-order chi connectivity index (χ1) is 12.0. The van der Waals surface area contributed by atoms with E-state index in [0.717, 1.165) is 36.3 Å². The Morgan fingerprint density at radius 1 is 1.32 bits per heavy atom. The van der Waals surface area contributed by atoms with Gasteiger partial charge in [-0.3, -0.25) is 10.00 Å². The van der Waals surface area contributed by atoms with E-state index in [2.05, 4.69) is 24.3 Å². The molecule has 1 fully saturated rings. The molecule has 0 spiro atoms. The molecule has 0 aliphatic carbocycles. The number of nitrogens with one attached hydrogen (secondary N) is 1. The van der Waals surface area contributed by atoms with Crippen LogP contribution in [-0.2, 0) is 19.9 Å². The largest absolute Gasteiger partial charge is 0.324 e. The Hall–Kier alpha value is -2.37. The molecule has 1 aliphatic rings. The number of aromatic nitrogens is 2. The van der Waals surface area contributed by atoms with E-state index in [9.17, 15) is 9.18 Å². The fourth-order valence-corrected chi connectivity index (χ4v) is 3.62. The first-order valence-electron chi connectivity index (χ1n) is 8.90. The van der Waals surface area contributed by atoms with E-state index in [1.54, 1.807) is 15.6 Å². The van der Waals surface area contributed by atoms with Crippen LogP contribution in [0.2, 0.25) is 0 Å². The van der Waals surface area contributed by atoms with Crippen molar-refractivity contribution in [3.63, 3.8) is 0 Å². The maximum atomic E-state index is 14.0. The molecule has 1 N–H and O–H groups in total. The fourth-order valence-electron chi connectivity index (χ4n) is 3.62. The highest BCUT2D eigenvalue weighted by atomic mass is 19.1. The third-order valence-electron chi connectivity index (χ3n) is 4.96. The minimum atomic E-state index is -0.192. The number of rotatable bonds is 4. The number of anilines is 1. The Morgan fingerprint density at radius 2 is 2.08 bits per heavy atom. The molecule has 3 rings (SSSR count). The molecule has 1 aromatic heterocycles. The van der Waals surface area contributed by atoms with Gasteiger partial charge in [-0.05, 0) is 30.9 Å². The molecule has 2 amide bonds. The lowest BCUT2D eigenvalue weighted by Crippen LogP contribution is -2.33. The first-order valence-corrected chi connectivity index (χ1v) is 8.90. The maximum absolute atomic E-state index is 14.0. The van der Waals surface area contributed by atoms with Crippen LogP contribution in [0, 0.1) is 5.82 Å². The van der Waals surface area contributed by atoms with Crippen LogP contribution < -0.4 is 5.32 Å².